The van der Waals surface area contributed by atoms with Crippen molar-refractivity contribution >= 4 is 21.1 Å². The van der Waals surface area contributed by atoms with Gasteiger partial charge in [-0.15, -0.1) is 0 Å². The van der Waals surface area contributed by atoms with E-state index < -0.39 is 0 Å². The first kappa shape index (κ1) is 11.0. The second-order valence-corrected chi connectivity index (χ2v) is 4.93. The molecule has 0 fully saturated rings. The minimum absolute atomic E-state index is 0.230. The first-order chi connectivity index (χ1) is 5.38. The molecule has 0 atom stereocenters. The second kappa shape index (κ2) is 6.67. The Balaban J connectivity index is 0.000000176. The Hall–Kier alpha value is -0.0213. The molecule has 0 saturated heterocycles. The Bertz CT molecular complexity index is 181. The van der Waals surface area contributed by atoms with Crippen molar-refractivity contribution in [2.45, 2.75) is 9.88 Å². The van der Waals surface area contributed by atoms with Crippen LogP contribution in [-0.4, -0.2) is 33.4 Å². The predicted molar refractivity (Wildman–Crippen MR) is 51.1 cm³/mol. The molecule has 2 radical (unpaired) electrons. The molecule has 1 N–H and O–H groups in total. The molecule has 60 valence electrons. The predicted octanol–water partition coefficient (Wildman–Crippen LogP) is 2.06. The van der Waals surface area contributed by atoms with Gasteiger partial charge in [-0.1, -0.05) is 18.2 Å². The van der Waals surface area contributed by atoms with Crippen LogP contribution >= 0.6 is 0 Å². The molecule has 0 heterocycles. The zero-order valence-corrected chi connectivity index (χ0v) is 10.1. The van der Waals surface area contributed by atoms with E-state index in [1.165, 1.54) is 11.1 Å². The molecule has 2 aliphatic carbocycles. The summed E-state index contributed by atoms with van der Waals surface area (Å²) in [6, 6.07) is 8.48. The first-order valence-electron chi connectivity index (χ1n) is 3.52. The van der Waals surface area contributed by atoms with Crippen LogP contribution in [0.25, 0.3) is 11.1 Å². The third kappa shape index (κ3) is 4.43. The van der Waals surface area contributed by atoms with Crippen molar-refractivity contribution in [1.29, 1.82) is 0 Å². The van der Waals surface area contributed by atoms with Crippen molar-refractivity contribution in [3.63, 3.8) is 0 Å². The average Bonchev–Trinajstić information content (AvgIpc) is 2.65. The number of hydrogen-bond donors (Lipinski definition) is 1. The van der Waals surface area contributed by atoms with Gasteiger partial charge in [-0.05, 0) is 17.2 Å². The molecule has 0 aliphatic heterocycles. The molecule has 2 aliphatic rings. The maximum absolute atomic E-state index is 7.00. The number of fused-ring (bicyclic) bond motifs is 1. The van der Waals surface area contributed by atoms with Gasteiger partial charge in [-0.25, -0.2) is 0 Å². The molecule has 0 aromatic carbocycles. The van der Waals surface area contributed by atoms with Gasteiger partial charge in [0.15, 0.2) is 0 Å². The molecule has 0 aromatic heterocycles. The zero-order chi connectivity index (χ0) is 8.69. The van der Waals surface area contributed by atoms with Crippen molar-refractivity contribution in [2.75, 3.05) is 7.11 Å². The van der Waals surface area contributed by atoms with Crippen LogP contribution in [0, 0.1) is 0 Å². The van der Waals surface area contributed by atoms with E-state index in [2.05, 4.69) is 34.1 Å². The third-order valence-electron chi connectivity index (χ3n) is 1.11. The maximum atomic E-state index is 7.00. The second-order valence-electron chi connectivity index (χ2n) is 2.08. The maximum Gasteiger partial charge on any atom is -0.0178 e. The molecular weight excluding hydrogens is 243 g/mol. The summed E-state index contributed by atoms with van der Waals surface area (Å²) < 4.78 is 0. The number of aliphatic hydroxyl groups is 1. The molecule has 2 rings (SSSR count). The van der Waals surface area contributed by atoms with Gasteiger partial charge in [0.2, 0.25) is 0 Å². The molecule has 0 bridgehead atoms. The van der Waals surface area contributed by atoms with Gasteiger partial charge >= 0.3 is 31.0 Å². The first-order valence-corrected chi connectivity index (χ1v) is 9.23. The third-order valence-corrected chi connectivity index (χ3v) is 1.11. The molecule has 0 spiro atoms. The summed E-state index contributed by atoms with van der Waals surface area (Å²) in [6.07, 6.45) is 0. The number of rotatable bonds is 0. The van der Waals surface area contributed by atoms with Crippen LogP contribution in [0.1, 0.15) is 0 Å². The summed E-state index contributed by atoms with van der Waals surface area (Å²) in [5.41, 5.74) is 2.85. The van der Waals surface area contributed by atoms with Crippen LogP contribution in [0.4, 0.5) is 0 Å². The van der Waals surface area contributed by atoms with Gasteiger partial charge in [-0.2, -0.15) is 0 Å². The van der Waals surface area contributed by atoms with Crippen molar-refractivity contribution < 1.29 is 5.11 Å². The summed E-state index contributed by atoms with van der Waals surface area (Å²) >= 11 is 0.230. The quantitative estimate of drug-likeness (QED) is 0.716. The van der Waals surface area contributed by atoms with Gasteiger partial charge < -0.3 is 5.11 Å². The molecule has 0 amide bonds. The standard InChI is InChI=1S/C6H4.CH4O.2CH3.Sn/c1-2-5-4-6(5)3-1;1-2;;;/h1-4H;2H,1H3;2*1H3;. The van der Waals surface area contributed by atoms with Crippen LogP contribution < -0.4 is 0 Å². The van der Waals surface area contributed by atoms with Crippen LogP contribution in [0.15, 0.2) is 24.3 Å². The summed E-state index contributed by atoms with van der Waals surface area (Å²) in [6.45, 7) is 0. The van der Waals surface area contributed by atoms with Crippen molar-refractivity contribution in [2.24, 2.45) is 0 Å². The van der Waals surface area contributed by atoms with Crippen molar-refractivity contribution in [1.82, 2.24) is 0 Å². The SMILES string of the molecule is CO.[CH3][Sn][CH3].c1cc2cc-2c1. The van der Waals surface area contributed by atoms with E-state index in [-0.39, 0.29) is 21.1 Å². The van der Waals surface area contributed by atoms with Crippen LogP contribution in [0.2, 0.25) is 9.88 Å². The number of benzene rings is 1. The van der Waals surface area contributed by atoms with E-state index in [9.17, 15) is 0 Å². The van der Waals surface area contributed by atoms with E-state index in [1.54, 1.807) is 0 Å². The zero-order valence-electron chi connectivity index (χ0n) is 7.26. The Labute approximate surface area is 78.7 Å². The normalized spacial score (nSPS) is 8.36. The molecule has 2 heteroatoms. The van der Waals surface area contributed by atoms with Gasteiger partial charge in [0.05, 0.1) is 0 Å². The van der Waals surface area contributed by atoms with Crippen molar-refractivity contribution in [3.05, 3.63) is 24.3 Å². The van der Waals surface area contributed by atoms with E-state index in [0.717, 1.165) is 7.11 Å². The van der Waals surface area contributed by atoms with Crippen LogP contribution in [0.3, 0.4) is 0 Å². The smallest absolute Gasteiger partial charge is 0.0178 e. The summed E-state index contributed by atoms with van der Waals surface area (Å²) in [4.78, 5) is 4.59. The van der Waals surface area contributed by atoms with E-state index in [1.807, 2.05) is 0 Å². The Morgan fingerprint density at radius 2 is 1.45 bits per heavy atom. The molecule has 1 nitrogen and oxygen atoms in total. The van der Waals surface area contributed by atoms with E-state index >= 15 is 0 Å². The largest absolute Gasteiger partial charge is 0.0610 e. The summed E-state index contributed by atoms with van der Waals surface area (Å²) in [5, 5.41) is 7.00. The fraction of sp³-hybridized carbons (Fsp3) is 0.333. The van der Waals surface area contributed by atoms with E-state index in [0.29, 0.717) is 0 Å². The van der Waals surface area contributed by atoms with E-state index in [4.69, 9.17) is 5.11 Å². The average molecular weight is 257 g/mol. The number of aliphatic hydroxyl groups excluding tert-OH is 1. The fourth-order valence-electron chi connectivity index (χ4n) is 0.676. The Morgan fingerprint density at radius 1 is 1.09 bits per heavy atom. The van der Waals surface area contributed by atoms with Gasteiger partial charge in [0, 0.05) is 7.11 Å². The minimum Gasteiger partial charge on any atom is -0.0610 e. The summed E-state index contributed by atoms with van der Waals surface area (Å²) in [5.74, 6) is 0. The molecule has 0 aromatic rings. The Kier molecular flexibility index (Phi) is 6.66. The minimum atomic E-state index is 0.230. The molecular formula is C9H14OSn. The summed E-state index contributed by atoms with van der Waals surface area (Å²) in [7, 11) is 1.00. The molecule has 11 heavy (non-hydrogen) atoms. The molecule has 0 saturated carbocycles. The van der Waals surface area contributed by atoms with Gasteiger partial charge in [0.25, 0.3) is 0 Å². The topological polar surface area (TPSA) is 20.2 Å². The van der Waals surface area contributed by atoms with Gasteiger partial charge in [-0.3, -0.25) is 0 Å². The van der Waals surface area contributed by atoms with Crippen LogP contribution in [-0.2, 0) is 0 Å². The van der Waals surface area contributed by atoms with Crippen molar-refractivity contribution in [3.8, 4) is 11.1 Å². The fourth-order valence-corrected chi connectivity index (χ4v) is 0.676. The monoisotopic (exact) mass is 258 g/mol. The Morgan fingerprint density at radius 3 is 1.55 bits per heavy atom. The number of hydrogen-bond acceptors (Lipinski definition) is 1. The molecule has 0 unspecified atom stereocenters. The van der Waals surface area contributed by atoms with Crippen LogP contribution in [0.5, 0.6) is 0 Å². The van der Waals surface area contributed by atoms with Gasteiger partial charge in [0.1, 0.15) is 0 Å².